The Morgan fingerprint density at radius 1 is 0.967 bits per heavy atom. The number of aromatic nitrogens is 1. The summed E-state index contributed by atoms with van der Waals surface area (Å²) >= 11 is 0. The average molecular weight is 406 g/mol. The first-order valence-corrected chi connectivity index (χ1v) is 9.84. The zero-order valence-corrected chi connectivity index (χ0v) is 17.5. The quantitative estimate of drug-likeness (QED) is 0.548. The summed E-state index contributed by atoms with van der Waals surface area (Å²) in [6.45, 7) is 6.36. The number of carbonyl (C=O) groups is 2. The fraction of sp³-hybridized carbons (Fsp3) is 0.250. The maximum Gasteiger partial charge on any atom is 0.221 e. The van der Waals surface area contributed by atoms with Crippen LogP contribution < -0.4 is 15.2 Å². The van der Waals surface area contributed by atoms with Crippen molar-refractivity contribution in [3.8, 4) is 17.2 Å². The monoisotopic (exact) mass is 406 g/mol. The smallest absolute Gasteiger partial charge is 0.221 e. The molecule has 0 atom stereocenters. The van der Waals surface area contributed by atoms with Crippen molar-refractivity contribution in [3.05, 3.63) is 77.1 Å². The van der Waals surface area contributed by atoms with Gasteiger partial charge in [0.1, 0.15) is 11.5 Å². The van der Waals surface area contributed by atoms with Crippen LogP contribution in [-0.2, 0) is 11.2 Å². The normalized spacial score (nSPS) is 10.6. The van der Waals surface area contributed by atoms with E-state index in [4.69, 9.17) is 15.2 Å². The van der Waals surface area contributed by atoms with Crippen molar-refractivity contribution >= 4 is 11.7 Å². The lowest BCUT2D eigenvalue weighted by Gasteiger charge is -2.11. The highest BCUT2D eigenvalue weighted by Crippen LogP contribution is 2.24. The van der Waals surface area contributed by atoms with E-state index < -0.39 is 5.91 Å². The molecule has 0 bridgehead atoms. The van der Waals surface area contributed by atoms with Crippen molar-refractivity contribution in [2.75, 3.05) is 13.2 Å². The number of benzene rings is 2. The van der Waals surface area contributed by atoms with E-state index >= 15 is 0 Å². The Bertz CT molecular complexity index is 1050. The van der Waals surface area contributed by atoms with Gasteiger partial charge in [-0.25, -0.2) is 0 Å². The third-order valence-corrected chi connectivity index (χ3v) is 4.78. The van der Waals surface area contributed by atoms with Crippen molar-refractivity contribution in [2.24, 2.45) is 5.73 Å². The number of amides is 1. The number of nitrogens with zero attached hydrogens (tertiary/aromatic N) is 1. The number of carbonyl (C=O) groups excluding carboxylic acids is 2. The molecule has 6 nitrogen and oxygen atoms in total. The standard InChI is InChI=1S/C24H26N2O4/c1-4-29-20-10-8-19(9-11-20)26-16(2)12-22(17(26)3)23(27)15-30-21-7-5-6-18(13-21)14-24(25)28/h5-13H,4,14-15H2,1-3H3,(H2,25,28). The Hall–Kier alpha value is -3.54. The molecule has 0 unspecified atom stereocenters. The third kappa shape index (κ3) is 4.89. The fourth-order valence-corrected chi connectivity index (χ4v) is 3.47. The first-order valence-electron chi connectivity index (χ1n) is 9.84. The molecule has 0 aliphatic heterocycles. The molecule has 3 rings (SSSR count). The molecule has 30 heavy (non-hydrogen) atoms. The van der Waals surface area contributed by atoms with Crippen LogP contribution in [0.2, 0.25) is 0 Å². The zero-order chi connectivity index (χ0) is 21.7. The van der Waals surface area contributed by atoms with Crippen LogP contribution >= 0.6 is 0 Å². The summed E-state index contributed by atoms with van der Waals surface area (Å²) < 4.78 is 13.2. The molecule has 2 aromatic carbocycles. The molecule has 0 saturated heterocycles. The zero-order valence-electron chi connectivity index (χ0n) is 17.5. The lowest BCUT2D eigenvalue weighted by Crippen LogP contribution is -2.14. The second-order valence-electron chi connectivity index (χ2n) is 7.05. The molecule has 0 spiro atoms. The largest absolute Gasteiger partial charge is 0.494 e. The van der Waals surface area contributed by atoms with Gasteiger partial charge >= 0.3 is 0 Å². The van der Waals surface area contributed by atoms with E-state index in [9.17, 15) is 9.59 Å². The molecule has 0 radical (unpaired) electrons. The summed E-state index contributed by atoms with van der Waals surface area (Å²) in [5.74, 6) is 0.819. The number of nitrogens with two attached hydrogens (primary N) is 1. The van der Waals surface area contributed by atoms with Crippen LogP contribution in [0, 0.1) is 13.8 Å². The highest BCUT2D eigenvalue weighted by atomic mass is 16.5. The highest BCUT2D eigenvalue weighted by Gasteiger charge is 2.17. The van der Waals surface area contributed by atoms with Crippen LogP contribution in [0.1, 0.15) is 34.2 Å². The van der Waals surface area contributed by atoms with E-state index in [0.717, 1.165) is 28.4 Å². The van der Waals surface area contributed by atoms with E-state index in [1.54, 1.807) is 24.3 Å². The maximum absolute atomic E-state index is 12.8. The molecule has 0 aliphatic rings. The summed E-state index contributed by atoms with van der Waals surface area (Å²) in [6.07, 6.45) is 0.133. The average Bonchev–Trinajstić information content (AvgIpc) is 3.01. The number of aryl methyl sites for hydroxylation is 1. The molecule has 2 N–H and O–H groups in total. The van der Waals surface area contributed by atoms with Gasteiger partial charge in [0, 0.05) is 22.6 Å². The van der Waals surface area contributed by atoms with Gasteiger partial charge in [-0.1, -0.05) is 12.1 Å². The Balaban J connectivity index is 1.74. The minimum atomic E-state index is -0.412. The first-order chi connectivity index (χ1) is 14.4. The highest BCUT2D eigenvalue weighted by molar-refractivity contribution is 5.98. The van der Waals surface area contributed by atoms with E-state index in [1.807, 2.05) is 55.7 Å². The van der Waals surface area contributed by atoms with Gasteiger partial charge < -0.3 is 19.8 Å². The lowest BCUT2D eigenvalue weighted by molar-refractivity contribution is -0.117. The maximum atomic E-state index is 12.8. The number of Topliss-reactive ketones (excluding diaryl/α,β-unsaturated/α-hetero) is 1. The Kier molecular flexibility index (Phi) is 6.57. The molecule has 1 aromatic heterocycles. The molecule has 0 saturated carbocycles. The number of rotatable bonds is 9. The van der Waals surface area contributed by atoms with E-state index in [1.165, 1.54) is 0 Å². The Labute approximate surface area is 176 Å². The Morgan fingerprint density at radius 2 is 1.70 bits per heavy atom. The molecule has 0 aliphatic carbocycles. The second kappa shape index (κ2) is 9.31. The SMILES string of the molecule is CCOc1ccc(-n2c(C)cc(C(=O)COc3cccc(CC(N)=O)c3)c2C)cc1. The van der Waals surface area contributed by atoms with Crippen molar-refractivity contribution in [1.82, 2.24) is 4.57 Å². The molecule has 3 aromatic rings. The first kappa shape index (κ1) is 21.2. The van der Waals surface area contributed by atoms with Gasteiger partial charge in [-0.3, -0.25) is 9.59 Å². The minimum absolute atomic E-state index is 0.0897. The predicted molar refractivity (Wildman–Crippen MR) is 116 cm³/mol. The van der Waals surface area contributed by atoms with Gasteiger partial charge in [-0.15, -0.1) is 0 Å². The number of hydrogen-bond acceptors (Lipinski definition) is 4. The molecular weight excluding hydrogens is 380 g/mol. The summed E-state index contributed by atoms with van der Waals surface area (Å²) in [4.78, 5) is 23.9. The van der Waals surface area contributed by atoms with E-state index in [2.05, 4.69) is 0 Å². The summed E-state index contributed by atoms with van der Waals surface area (Å²) in [5, 5.41) is 0. The van der Waals surface area contributed by atoms with E-state index in [0.29, 0.717) is 17.9 Å². The van der Waals surface area contributed by atoms with E-state index in [-0.39, 0.29) is 18.8 Å². The molecule has 156 valence electrons. The van der Waals surface area contributed by atoms with Crippen molar-refractivity contribution in [3.63, 3.8) is 0 Å². The van der Waals surface area contributed by atoms with Gasteiger partial charge in [-0.2, -0.15) is 0 Å². The van der Waals surface area contributed by atoms with Gasteiger partial charge in [-0.05, 0) is 68.8 Å². The van der Waals surface area contributed by atoms with Crippen LogP contribution in [-0.4, -0.2) is 29.5 Å². The fourth-order valence-electron chi connectivity index (χ4n) is 3.47. The van der Waals surface area contributed by atoms with Crippen molar-refractivity contribution < 1.29 is 19.1 Å². The van der Waals surface area contributed by atoms with Gasteiger partial charge in [0.15, 0.2) is 6.61 Å². The lowest BCUT2D eigenvalue weighted by atomic mass is 10.1. The Morgan fingerprint density at radius 3 is 2.37 bits per heavy atom. The van der Waals surface area contributed by atoms with Crippen LogP contribution in [0.4, 0.5) is 0 Å². The second-order valence-corrected chi connectivity index (χ2v) is 7.05. The topological polar surface area (TPSA) is 83.6 Å². The number of hydrogen-bond donors (Lipinski definition) is 1. The summed E-state index contributed by atoms with van der Waals surface area (Å²) in [5.41, 5.74) is 9.39. The minimum Gasteiger partial charge on any atom is -0.494 e. The van der Waals surface area contributed by atoms with Crippen LogP contribution in [0.5, 0.6) is 11.5 Å². The van der Waals surface area contributed by atoms with Crippen molar-refractivity contribution in [2.45, 2.75) is 27.2 Å². The van der Waals surface area contributed by atoms with Gasteiger partial charge in [0.05, 0.1) is 13.0 Å². The van der Waals surface area contributed by atoms with Crippen LogP contribution in [0.15, 0.2) is 54.6 Å². The molecule has 6 heteroatoms. The number of ether oxygens (including phenoxy) is 2. The van der Waals surface area contributed by atoms with Crippen molar-refractivity contribution in [1.29, 1.82) is 0 Å². The molecule has 1 amide bonds. The van der Waals surface area contributed by atoms with Gasteiger partial charge in [0.2, 0.25) is 11.7 Å². The third-order valence-electron chi connectivity index (χ3n) is 4.78. The summed E-state index contributed by atoms with van der Waals surface area (Å²) in [6, 6.07) is 16.7. The number of ketones is 1. The number of primary amides is 1. The van der Waals surface area contributed by atoms with Crippen LogP contribution in [0.3, 0.4) is 0 Å². The summed E-state index contributed by atoms with van der Waals surface area (Å²) in [7, 11) is 0. The van der Waals surface area contributed by atoms with Crippen LogP contribution in [0.25, 0.3) is 5.69 Å². The predicted octanol–water partition coefficient (Wildman–Crippen LogP) is 3.78. The molecule has 1 heterocycles. The molecular formula is C24H26N2O4. The molecule has 0 fully saturated rings. The van der Waals surface area contributed by atoms with Gasteiger partial charge in [0.25, 0.3) is 0 Å².